The van der Waals surface area contributed by atoms with Crippen LogP contribution in [0.4, 0.5) is 4.39 Å². The van der Waals surface area contributed by atoms with Crippen LogP contribution < -0.4 is 0 Å². The maximum absolute atomic E-state index is 13.9. The topological polar surface area (TPSA) is 30.7 Å². The number of rotatable bonds is 4. The normalized spacial score (nSPS) is 11.2. The summed E-state index contributed by atoms with van der Waals surface area (Å²) in [6.07, 6.45) is 2.43. The fourth-order valence-corrected chi connectivity index (χ4v) is 2.57. The number of aromatic nitrogens is 3. The molecule has 108 valence electrons. The van der Waals surface area contributed by atoms with Gasteiger partial charge >= 0.3 is 0 Å². The maximum atomic E-state index is 13.9. The van der Waals surface area contributed by atoms with Crippen LogP contribution in [0.3, 0.4) is 0 Å². The molecule has 0 atom stereocenters. The van der Waals surface area contributed by atoms with E-state index in [4.69, 9.17) is 11.6 Å². The van der Waals surface area contributed by atoms with Gasteiger partial charge < -0.3 is 4.57 Å². The van der Waals surface area contributed by atoms with Crippen molar-refractivity contribution in [1.29, 1.82) is 0 Å². The zero-order valence-corrected chi connectivity index (χ0v) is 12.4. The second-order valence-electron chi connectivity index (χ2n) is 5.00. The second-order valence-corrected chi connectivity index (χ2v) is 5.38. The van der Waals surface area contributed by atoms with Gasteiger partial charge in [0.25, 0.3) is 0 Å². The van der Waals surface area contributed by atoms with Crippen LogP contribution in [0, 0.1) is 12.7 Å². The lowest BCUT2D eigenvalue weighted by Crippen LogP contribution is -2.08. The predicted molar refractivity (Wildman–Crippen MR) is 82.2 cm³/mol. The molecule has 0 bridgehead atoms. The summed E-state index contributed by atoms with van der Waals surface area (Å²) in [7, 11) is 0. The van der Waals surface area contributed by atoms with Gasteiger partial charge in [0.1, 0.15) is 17.2 Å². The van der Waals surface area contributed by atoms with E-state index in [2.05, 4.69) is 9.97 Å². The lowest BCUT2D eigenvalue weighted by atomic mass is 10.2. The van der Waals surface area contributed by atoms with Gasteiger partial charge in [0.05, 0.1) is 6.54 Å². The molecule has 3 rings (SSSR count). The van der Waals surface area contributed by atoms with E-state index < -0.39 is 0 Å². The van der Waals surface area contributed by atoms with Crippen molar-refractivity contribution in [3.05, 3.63) is 59.3 Å². The highest BCUT2D eigenvalue weighted by Crippen LogP contribution is 2.19. The molecule has 0 unspecified atom stereocenters. The summed E-state index contributed by atoms with van der Waals surface area (Å²) in [6.45, 7) is 2.38. The molecule has 0 amide bonds. The van der Waals surface area contributed by atoms with Gasteiger partial charge in [0, 0.05) is 24.1 Å². The molecule has 0 aliphatic carbocycles. The molecule has 5 heteroatoms. The van der Waals surface area contributed by atoms with E-state index in [1.54, 1.807) is 18.3 Å². The molecule has 3 nitrogen and oxygen atoms in total. The molecule has 0 fully saturated rings. The highest BCUT2D eigenvalue weighted by molar-refractivity contribution is 6.17. The molecule has 2 aromatic heterocycles. The fraction of sp³-hybridized carbons (Fsp3) is 0.250. The Hall–Kier alpha value is -1.94. The SMILES string of the molecule is Cc1cnc2c(c1)nc(CCCl)n2Cc1ccccc1F. The maximum Gasteiger partial charge on any atom is 0.160 e. The number of pyridine rings is 1. The fourth-order valence-electron chi connectivity index (χ4n) is 2.40. The summed E-state index contributed by atoms with van der Waals surface area (Å²) >= 11 is 5.85. The molecule has 0 saturated carbocycles. The highest BCUT2D eigenvalue weighted by Gasteiger charge is 2.13. The van der Waals surface area contributed by atoms with Crippen molar-refractivity contribution in [3.63, 3.8) is 0 Å². The van der Waals surface area contributed by atoms with Crippen LogP contribution in [0.25, 0.3) is 11.2 Å². The van der Waals surface area contributed by atoms with E-state index in [0.717, 1.165) is 22.6 Å². The number of benzene rings is 1. The summed E-state index contributed by atoms with van der Waals surface area (Å²) in [6, 6.07) is 8.74. The third kappa shape index (κ3) is 2.76. The molecule has 0 aliphatic rings. The third-order valence-electron chi connectivity index (χ3n) is 3.41. The Kier molecular flexibility index (Phi) is 3.88. The Balaban J connectivity index is 2.11. The Morgan fingerprint density at radius 2 is 2.10 bits per heavy atom. The summed E-state index contributed by atoms with van der Waals surface area (Å²) in [4.78, 5) is 9.03. The van der Waals surface area contributed by atoms with Crippen molar-refractivity contribution in [1.82, 2.24) is 14.5 Å². The Morgan fingerprint density at radius 3 is 2.86 bits per heavy atom. The van der Waals surface area contributed by atoms with E-state index in [9.17, 15) is 4.39 Å². The summed E-state index contributed by atoms with van der Waals surface area (Å²) in [5.41, 5.74) is 3.26. The first-order chi connectivity index (χ1) is 10.2. The average molecular weight is 304 g/mol. The van der Waals surface area contributed by atoms with Gasteiger partial charge in [-0.1, -0.05) is 18.2 Å². The quantitative estimate of drug-likeness (QED) is 0.688. The number of halogens is 2. The minimum Gasteiger partial charge on any atom is -0.308 e. The summed E-state index contributed by atoms with van der Waals surface area (Å²) in [5.74, 6) is 1.09. The number of alkyl halides is 1. The standard InChI is InChI=1S/C16H15ClFN3/c1-11-8-14-16(19-9-11)21(15(20-14)6-7-17)10-12-4-2-3-5-13(12)18/h2-5,8-9H,6-7,10H2,1H3. The van der Waals surface area contributed by atoms with Crippen molar-refractivity contribution >= 4 is 22.8 Å². The van der Waals surface area contributed by atoms with Gasteiger partial charge in [-0.3, -0.25) is 0 Å². The number of aryl methyl sites for hydroxylation is 2. The van der Waals surface area contributed by atoms with Crippen molar-refractivity contribution < 1.29 is 4.39 Å². The number of nitrogens with zero attached hydrogens (tertiary/aromatic N) is 3. The van der Waals surface area contributed by atoms with Gasteiger partial charge in [0.2, 0.25) is 0 Å². The van der Waals surface area contributed by atoms with Gasteiger partial charge in [-0.05, 0) is 24.6 Å². The lowest BCUT2D eigenvalue weighted by molar-refractivity contribution is 0.597. The molecule has 0 aliphatic heterocycles. The highest BCUT2D eigenvalue weighted by atomic mass is 35.5. The number of hydrogen-bond acceptors (Lipinski definition) is 2. The van der Waals surface area contributed by atoms with Crippen molar-refractivity contribution in [3.8, 4) is 0 Å². The minimum absolute atomic E-state index is 0.219. The Morgan fingerprint density at radius 1 is 1.29 bits per heavy atom. The monoisotopic (exact) mass is 303 g/mol. The van der Waals surface area contributed by atoms with Gasteiger partial charge in [-0.2, -0.15) is 0 Å². The van der Waals surface area contributed by atoms with E-state index in [0.29, 0.717) is 24.4 Å². The van der Waals surface area contributed by atoms with Crippen LogP contribution in [-0.4, -0.2) is 20.4 Å². The number of hydrogen-bond donors (Lipinski definition) is 0. The third-order valence-corrected chi connectivity index (χ3v) is 3.59. The smallest absolute Gasteiger partial charge is 0.160 e. The van der Waals surface area contributed by atoms with Crippen LogP contribution >= 0.6 is 11.6 Å². The molecule has 0 radical (unpaired) electrons. The van der Waals surface area contributed by atoms with Gasteiger partial charge in [-0.25, -0.2) is 14.4 Å². The van der Waals surface area contributed by atoms with Crippen LogP contribution in [0.1, 0.15) is 17.0 Å². The second kappa shape index (κ2) is 5.82. The van der Waals surface area contributed by atoms with Crippen LogP contribution in [-0.2, 0) is 13.0 Å². The van der Waals surface area contributed by atoms with E-state index in [1.165, 1.54) is 6.07 Å². The van der Waals surface area contributed by atoms with E-state index >= 15 is 0 Å². The molecule has 0 spiro atoms. The Bertz CT molecular complexity index is 782. The van der Waals surface area contributed by atoms with Crippen molar-refractivity contribution in [2.45, 2.75) is 19.9 Å². The molecule has 21 heavy (non-hydrogen) atoms. The molecule has 3 aromatic rings. The summed E-state index contributed by atoms with van der Waals surface area (Å²) in [5, 5.41) is 0. The molecule has 0 saturated heterocycles. The average Bonchev–Trinajstić information content (AvgIpc) is 2.79. The zero-order chi connectivity index (χ0) is 14.8. The predicted octanol–water partition coefficient (Wildman–Crippen LogP) is 3.71. The first-order valence-electron chi connectivity index (χ1n) is 6.80. The lowest BCUT2D eigenvalue weighted by Gasteiger charge is -2.09. The van der Waals surface area contributed by atoms with E-state index in [1.807, 2.05) is 23.6 Å². The molecule has 2 heterocycles. The van der Waals surface area contributed by atoms with Crippen LogP contribution in [0.2, 0.25) is 0 Å². The molecule has 1 aromatic carbocycles. The van der Waals surface area contributed by atoms with Crippen molar-refractivity contribution in [2.24, 2.45) is 0 Å². The first-order valence-corrected chi connectivity index (χ1v) is 7.33. The Labute approximate surface area is 127 Å². The van der Waals surface area contributed by atoms with Crippen molar-refractivity contribution in [2.75, 3.05) is 5.88 Å². The number of fused-ring (bicyclic) bond motifs is 1. The summed E-state index contributed by atoms with van der Waals surface area (Å²) < 4.78 is 15.8. The van der Waals surface area contributed by atoms with Crippen LogP contribution in [0.5, 0.6) is 0 Å². The largest absolute Gasteiger partial charge is 0.308 e. The first kappa shape index (κ1) is 14.0. The molecular weight excluding hydrogens is 289 g/mol. The minimum atomic E-state index is -0.219. The zero-order valence-electron chi connectivity index (χ0n) is 11.7. The number of imidazole rings is 1. The van der Waals surface area contributed by atoms with Gasteiger partial charge in [-0.15, -0.1) is 11.6 Å². The molecular formula is C16H15ClFN3. The van der Waals surface area contributed by atoms with Crippen LogP contribution in [0.15, 0.2) is 36.5 Å². The van der Waals surface area contributed by atoms with E-state index in [-0.39, 0.29) is 5.82 Å². The van der Waals surface area contributed by atoms with Gasteiger partial charge in [0.15, 0.2) is 5.65 Å². The molecule has 0 N–H and O–H groups in total.